The van der Waals surface area contributed by atoms with Crippen LogP contribution in [-0.4, -0.2) is 17.0 Å². The molecule has 0 heterocycles. The predicted octanol–water partition coefficient (Wildman–Crippen LogP) is 2.01. The summed E-state index contributed by atoms with van der Waals surface area (Å²) in [6, 6.07) is 6.35. The summed E-state index contributed by atoms with van der Waals surface area (Å²) in [5.41, 5.74) is 0.750. The van der Waals surface area contributed by atoms with Crippen LogP contribution in [0.25, 0.3) is 0 Å². The molecule has 1 amide bonds. The number of rotatable bonds is 4. The van der Waals surface area contributed by atoms with Crippen LogP contribution in [0, 0.1) is 11.3 Å². The molecule has 0 atom stereocenters. The second-order valence-electron chi connectivity index (χ2n) is 3.25. The molecule has 6 heteroatoms. The molecule has 1 aromatic carbocycles. The molecule has 0 saturated carbocycles. The molecule has 0 aliphatic heterocycles. The standard InChI is InChI=1S/C11H9ClN2O3/c12-8-5-7(6-13)1-2-9(8)14-10(15)3-4-11(16)17/h1-2,5H,3-4H2,(H,14,15)(H,16,17). The lowest BCUT2D eigenvalue weighted by molar-refractivity contribution is -0.138. The molecule has 0 bridgehead atoms. The Morgan fingerprint density at radius 2 is 2.12 bits per heavy atom. The zero-order valence-electron chi connectivity index (χ0n) is 8.74. The van der Waals surface area contributed by atoms with Crippen LogP contribution in [0.3, 0.4) is 0 Å². The minimum absolute atomic E-state index is 0.119. The Bertz CT molecular complexity index is 494. The van der Waals surface area contributed by atoms with E-state index >= 15 is 0 Å². The van der Waals surface area contributed by atoms with Gasteiger partial charge in [-0.1, -0.05) is 11.6 Å². The zero-order chi connectivity index (χ0) is 12.8. The van der Waals surface area contributed by atoms with Gasteiger partial charge in [0.05, 0.1) is 28.8 Å². The first-order valence-electron chi connectivity index (χ1n) is 4.74. The number of benzene rings is 1. The van der Waals surface area contributed by atoms with E-state index in [1.165, 1.54) is 18.2 Å². The van der Waals surface area contributed by atoms with Crippen molar-refractivity contribution in [2.45, 2.75) is 12.8 Å². The molecule has 0 spiro atoms. The smallest absolute Gasteiger partial charge is 0.303 e. The molecule has 0 fully saturated rings. The van der Waals surface area contributed by atoms with E-state index < -0.39 is 11.9 Å². The lowest BCUT2D eigenvalue weighted by Crippen LogP contribution is -2.13. The maximum absolute atomic E-state index is 11.3. The first-order valence-corrected chi connectivity index (χ1v) is 5.12. The summed E-state index contributed by atoms with van der Waals surface area (Å²) in [5, 5.41) is 19.7. The Labute approximate surface area is 103 Å². The highest BCUT2D eigenvalue weighted by Crippen LogP contribution is 2.22. The largest absolute Gasteiger partial charge is 0.481 e. The summed E-state index contributed by atoms with van der Waals surface area (Å²) in [6.45, 7) is 0. The lowest BCUT2D eigenvalue weighted by atomic mass is 10.2. The Morgan fingerprint density at radius 1 is 1.41 bits per heavy atom. The van der Waals surface area contributed by atoms with Gasteiger partial charge in [0.2, 0.25) is 5.91 Å². The number of hydrogen-bond donors (Lipinski definition) is 2. The molecule has 1 aromatic rings. The van der Waals surface area contributed by atoms with Gasteiger partial charge in [0.25, 0.3) is 0 Å². The lowest BCUT2D eigenvalue weighted by Gasteiger charge is -2.06. The molecule has 0 radical (unpaired) electrons. The number of nitrogens with one attached hydrogen (secondary N) is 1. The number of amides is 1. The van der Waals surface area contributed by atoms with E-state index in [4.69, 9.17) is 22.0 Å². The quantitative estimate of drug-likeness (QED) is 0.858. The van der Waals surface area contributed by atoms with Crippen molar-refractivity contribution < 1.29 is 14.7 Å². The van der Waals surface area contributed by atoms with Crippen molar-refractivity contribution in [1.82, 2.24) is 0 Å². The van der Waals surface area contributed by atoms with Gasteiger partial charge >= 0.3 is 5.97 Å². The summed E-state index contributed by atoms with van der Waals surface area (Å²) in [7, 11) is 0. The first kappa shape index (κ1) is 13.0. The number of anilines is 1. The maximum Gasteiger partial charge on any atom is 0.303 e. The van der Waals surface area contributed by atoms with Gasteiger partial charge in [-0.05, 0) is 18.2 Å². The molecule has 88 valence electrons. The van der Waals surface area contributed by atoms with Crippen LogP contribution in [0.1, 0.15) is 18.4 Å². The number of nitrogens with zero attached hydrogens (tertiary/aromatic N) is 1. The van der Waals surface area contributed by atoms with Crippen LogP contribution in [0.15, 0.2) is 18.2 Å². The van der Waals surface area contributed by atoms with Crippen molar-refractivity contribution in [1.29, 1.82) is 5.26 Å². The molecule has 2 N–H and O–H groups in total. The summed E-state index contributed by atoms with van der Waals surface area (Å²) in [6.07, 6.45) is -0.356. The van der Waals surface area contributed by atoms with Gasteiger partial charge in [0.15, 0.2) is 0 Å². The molecule has 5 nitrogen and oxygen atoms in total. The highest BCUT2D eigenvalue weighted by molar-refractivity contribution is 6.33. The predicted molar refractivity (Wildman–Crippen MR) is 61.7 cm³/mol. The third-order valence-corrected chi connectivity index (χ3v) is 2.25. The van der Waals surface area contributed by atoms with E-state index in [9.17, 15) is 9.59 Å². The Balaban J connectivity index is 2.66. The minimum Gasteiger partial charge on any atom is -0.481 e. The van der Waals surface area contributed by atoms with E-state index in [-0.39, 0.29) is 17.9 Å². The number of carbonyl (C=O) groups excluding carboxylic acids is 1. The Hall–Kier alpha value is -2.06. The highest BCUT2D eigenvalue weighted by Gasteiger charge is 2.08. The molecular formula is C11H9ClN2O3. The van der Waals surface area contributed by atoms with Crippen molar-refractivity contribution >= 4 is 29.2 Å². The molecule has 0 unspecified atom stereocenters. The fourth-order valence-corrected chi connectivity index (χ4v) is 1.35. The van der Waals surface area contributed by atoms with Crippen LogP contribution >= 0.6 is 11.6 Å². The van der Waals surface area contributed by atoms with Gasteiger partial charge in [-0.2, -0.15) is 5.26 Å². The summed E-state index contributed by atoms with van der Waals surface area (Å²) < 4.78 is 0. The molecule has 0 aliphatic carbocycles. The van der Waals surface area contributed by atoms with Crippen LogP contribution in [0.2, 0.25) is 5.02 Å². The molecular weight excluding hydrogens is 244 g/mol. The van der Waals surface area contributed by atoms with Gasteiger partial charge in [-0.3, -0.25) is 9.59 Å². The van der Waals surface area contributed by atoms with Crippen molar-refractivity contribution in [3.05, 3.63) is 28.8 Å². The van der Waals surface area contributed by atoms with Crippen molar-refractivity contribution in [2.24, 2.45) is 0 Å². The SMILES string of the molecule is N#Cc1ccc(NC(=O)CCC(=O)O)c(Cl)c1. The normalized spacial score (nSPS) is 9.41. The average Bonchev–Trinajstić information content (AvgIpc) is 2.29. The Morgan fingerprint density at radius 3 is 2.65 bits per heavy atom. The third kappa shape index (κ3) is 4.13. The van der Waals surface area contributed by atoms with Crippen LogP contribution in [0.5, 0.6) is 0 Å². The number of carboxylic acids is 1. The second-order valence-corrected chi connectivity index (χ2v) is 3.66. The third-order valence-electron chi connectivity index (χ3n) is 1.94. The number of carbonyl (C=O) groups is 2. The topological polar surface area (TPSA) is 90.2 Å². The van der Waals surface area contributed by atoms with Gasteiger partial charge < -0.3 is 10.4 Å². The van der Waals surface area contributed by atoms with Crippen molar-refractivity contribution in [2.75, 3.05) is 5.32 Å². The van der Waals surface area contributed by atoms with E-state index in [1.807, 2.05) is 6.07 Å². The summed E-state index contributed by atoms with van der Waals surface area (Å²) >= 11 is 5.83. The minimum atomic E-state index is -1.04. The fraction of sp³-hybridized carbons (Fsp3) is 0.182. The van der Waals surface area contributed by atoms with Crippen molar-refractivity contribution in [3.63, 3.8) is 0 Å². The summed E-state index contributed by atoms with van der Waals surface area (Å²) in [5.74, 6) is -1.47. The van der Waals surface area contributed by atoms with Crippen LogP contribution in [-0.2, 0) is 9.59 Å². The van der Waals surface area contributed by atoms with Gasteiger partial charge in [-0.25, -0.2) is 0 Å². The number of carboxylic acid groups (broad SMARTS) is 1. The average molecular weight is 253 g/mol. The Kier molecular flexibility index (Phi) is 4.49. The van der Waals surface area contributed by atoms with E-state index in [0.29, 0.717) is 11.3 Å². The van der Waals surface area contributed by atoms with Crippen LogP contribution < -0.4 is 5.32 Å². The zero-order valence-corrected chi connectivity index (χ0v) is 9.49. The van der Waals surface area contributed by atoms with Crippen molar-refractivity contribution in [3.8, 4) is 6.07 Å². The number of hydrogen-bond acceptors (Lipinski definition) is 3. The molecule has 0 aromatic heterocycles. The number of aliphatic carboxylic acids is 1. The number of nitriles is 1. The van der Waals surface area contributed by atoms with Gasteiger partial charge in [0.1, 0.15) is 0 Å². The van der Waals surface area contributed by atoms with Crippen LogP contribution in [0.4, 0.5) is 5.69 Å². The summed E-state index contributed by atoms with van der Waals surface area (Å²) in [4.78, 5) is 21.6. The molecule has 0 aliphatic rings. The maximum atomic E-state index is 11.3. The van der Waals surface area contributed by atoms with Gasteiger partial charge in [-0.15, -0.1) is 0 Å². The first-order chi connectivity index (χ1) is 8.02. The number of halogens is 1. The fourth-order valence-electron chi connectivity index (χ4n) is 1.12. The second kappa shape index (κ2) is 5.87. The molecule has 0 saturated heterocycles. The van der Waals surface area contributed by atoms with E-state index in [1.54, 1.807) is 0 Å². The molecule has 17 heavy (non-hydrogen) atoms. The highest BCUT2D eigenvalue weighted by atomic mass is 35.5. The van der Waals surface area contributed by atoms with E-state index in [0.717, 1.165) is 0 Å². The van der Waals surface area contributed by atoms with Gasteiger partial charge in [0, 0.05) is 6.42 Å². The molecule has 1 rings (SSSR count). The monoisotopic (exact) mass is 252 g/mol. The van der Waals surface area contributed by atoms with E-state index in [2.05, 4.69) is 5.32 Å².